The Hall–Kier alpha value is -1.13. The highest BCUT2D eigenvalue weighted by Gasteiger charge is 2.28. The number of ether oxygens (including phenoxy) is 1. The van der Waals surface area contributed by atoms with E-state index in [1.807, 2.05) is 6.07 Å². The van der Waals surface area contributed by atoms with Gasteiger partial charge in [0.05, 0.1) is 6.10 Å². The maximum absolute atomic E-state index is 13.7. The molecule has 1 aromatic carbocycles. The molecule has 2 unspecified atom stereocenters. The van der Waals surface area contributed by atoms with Crippen molar-refractivity contribution in [3.05, 3.63) is 29.6 Å². The topological polar surface area (TPSA) is 41.5 Å². The molecule has 17 heavy (non-hydrogen) atoms. The molecule has 1 saturated carbocycles. The van der Waals surface area contributed by atoms with Crippen LogP contribution in [0, 0.1) is 5.82 Å². The molecule has 4 heteroatoms. The van der Waals surface area contributed by atoms with Gasteiger partial charge in [-0.1, -0.05) is 12.1 Å². The van der Waals surface area contributed by atoms with Crippen LogP contribution < -0.4 is 10.1 Å². The summed E-state index contributed by atoms with van der Waals surface area (Å²) in [7, 11) is 1.80. The molecule has 1 aliphatic carbocycles. The molecule has 3 nitrogen and oxygen atoms in total. The van der Waals surface area contributed by atoms with Crippen molar-refractivity contribution >= 4 is 0 Å². The van der Waals surface area contributed by atoms with Crippen molar-refractivity contribution in [3.8, 4) is 5.75 Å². The number of aliphatic hydroxyl groups excluding tert-OH is 1. The molecule has 1 fully saturated rings. The van der Waals surface area contributed by atoms with E-state index in [1.54, 1.807) is 13.1 Å². The third-order valence-electron chi connectivity index (χ3n) is 3.10. The number of halogens is 1. The molecule has 0 aromatic heterocycles. The Balaban J connectivity index is 2.18. The fourth-order valence-corrected chi connectivity index (χ4v) is 2.21. The number of hydrogen-bond acceptors (Lipinski definition) is 3. The molecule has 1 aromatic rings. The molecule has 0 amide bonds. The lowest BCUT2D eigenvalue weighted by Gasteiger charge is -2.19. The standard InChI is InChI=1S/C13H18FNO2/c1-15-8-9-4-2-5-10(14)13(9)17-12-7-3-6-11(12)16/h2,4-5,11-12,15-16H,3,6-8H2,1H3. The van der Waals surface area contributed by atoms with Crippen molar-refractivity contribution in [1.82, 2.24) is 5.32 Å². The molecule has 2 rings (SSSR count). The van der Waals surface area contributed by atoms with Gasteiger partial charge < -0.3 is 15.2 Å². The zero-order chi connectivity index (χ0) is 12.3. The van der Waals surface area contributed by atoms with Gasteiger partial charge in [-0.05, 0) is 32.4 Å². The summed E-state index contributed by atoms with van der Waals surface area (Å²) in [6.45, 7) is 0.551. The second-order valence-electron chi connectivity index (χ2n) is 4.41. The van der Waals surface area contributed by atoms with Crippen LogP contribution in [0.1, 0.15) is 24.8 Å². The fraction of sp³-hybridized carbons (Fsp3) is 0.538. The summed E-state index contributed by atoms with van der Waals surface area (Å²) in [6.07, 6.45) is 1.70. The van der Waals surface area contributed by atoms with Gasteiger partial charge in [0.25, 0.3) is 0 Å². The van der Waals surface area contributed by atoms with Gasteiger partial charge in [0.1, 0.15) is 6.10 Å². The van der Waals surface area contributed by atoms with E-state index in [4.69, 9.17) is 4.74 Å². The Morgan fingerprint density at radius 2 is 2.29 bits per heavy atom. The monoisotopic (exact) mass is 239 g/mol. The van der Waals surface area contributed by atoms with Gasteiger partial charge in [-0.25, -0.2) is 4.39 Å². The van der Waals surface area contributed by atoms with Crippen molar-refractivity contribution in [2.75, 3.05) is 7.05 Å². The van der Waals surface area contributed by atoms with Crippen LogP contribution in [0.5, 0.6) is 5.75 Å². The molecule has 2 N–H and O–H groups in total. The molecule has 0 saturated heterocycles. The fourth-order valence-electron chi connectivity index (χ4n) is 2.21. The van der Waals surface area contributed by atoms with Crippen molar-refractivity contribution in [3.63, 3.8) is 0 Å². The van der Waals surface area contributed by atoms with E-state index in [9.17, 15) is 9.50 Å². The zero-order valence-electron chi connectivity index (χ0n) is 9.95. The molecule has 0 spiro atoms. The third kappa shape index (κ3) is 2.76. The maximum Gasteiger partial charge on any atom is 0.165 e. The summed E-state index contributed by atoms with van der Waals surface area (Å²) in [4.78, 5) is 0. The summed E-state index contributed by atoms with van der Waals surface area (Å²) in [5, 5.41) is 12.7. The van der Waals surface area contributed by atoms with Crippen molar-refractivity contribution < 1.29 is 14.2 Å². The SMILES string of the molecule is CNCc1cccc(F)c1OC1CCCC1O. The molecular formula is C13H18FNO2. The summed E-state index contributed by atoms with van der Waals surface area (Å²) in [5.41, 5.74) is 0.784. The number of aliphatic hydroxyl groups is 1. The molecule has 0 heterocycles. The minimum atomic E-state index is -0.475. The number of hydrogen-bond donors (Lipinski definition) is 2. The molecular weight excluding hydrogens is 221 g/mol. The smallest absolute Gasteiger partial charge is 0.165 e. The van der Waals surface area contributed by atoms with Crippen LogP contribution in [0.4, 0.5) is 4.39 Å². The van der Waals surface area contributed by atoms with Gasteiger partial charge in [-0.15, -0.1) is 0 Å². The molecule has 0 bridgehead atoms. The number of nitrogens with one attached hydrogen (secondary N) is 1. The quantitative estimate of drug-likeness (QED) is 0.842. The Kier molecular flexibility index (Phi) is 3.97. The largest absolute Gasteiger partial charge is 0.484 e. The van der Waals surface area contributed by atoms with Crippen LogP contribution >= 0.6 is 0 Å². The number of para-hydroxylation sites is 1. The highest BCUT2D eigenvalue weighted by Crippen LogP contribution is 2.29. The zero-order valence-corrected chi connectivity index (χ0v) is 9.95. The van der Waals surface area contributed by atoms with E-state index in [-0.39, 0.29) is 17.7 Å². The highest BCUT2D eigenvalue weighted by atomic mass is 19.1. The van der Waals surface area contributed by atoms with Crippen LogP contribution in [-0.4, -0.2) is 24.4 Å². The molecule has 0 radical (unpaired) electrons. The number of rotatable bonds is 4. The van der Waals surface area contributed by atoms with Crippen LogP contribution in [0.15, 0.2) is 18.2 Å². The van der Waals surface area contributed by atoms with E-state index >= 15 is 0 Å². The third-order valence-corrected chi connectivity index (χ3v) is 3.10. The first-order valence-corrected chi connectivity index (χ1v) is 5.99. The lowest BCUT2D eigenvalue weighted by atomic mass is 10.2. The van der Waals surface area contributed by atoms with Gasteiger partial charge in [0.15, 0.2) is 11.6 Å². The van der Waals surface area contributed by atoms with E-state index in [0.29, 0.717) is 6.54 Å². The Labute approximate surface area is 101 Å². The van der Waals surface area contributed by atoms with E-state index in [1.165, 1.54) is 6.07 Å². The van der Waals surface area contributed by atoms with Crippen LogP contribution in [0.25, 0.3) is 0 Å². The van der Waals surface area contributed by atoms with Gasteiger partial charge in [0.2, 0.25) is 0 Å². The summed E-state index contributed by atoms with van der Waals surface area (Å²) in [5.74, 6) is -0.0929. The van der Waals surface area contributed by atoms with Gasteiger partial charge in [-0.2, -0.15) is 0 Å². The Bertz CT molecular complexity index is 384. The average Bonchev–Trinajstić information content (AvgIpc) is 2.70. The minimum absolute atomic E-state index is 0.271. The summed E-state index contributed by atoms with van der Waals surface area (Å²) < 4.78 is 19.4. The highest BCUT2D eigenvalue weighted by molar-refractivity contribution is 5.35. The Morgan fingerprint density at radius 3 is 2.94 bits per heavy atom. The second kappa shape index (κ2) is 5.47. The van der Waals surface area contributed by atoms with Crippen LogP contribution in [0.3, 0.4) is 0 Å². The molecule has 94 valence electrons. The second-order valence-corrected chi connectivity index (χ2v) is 4.41. The lowest BCUT2D eigenvalue weighted by Crippen LogP contribution is -2.26. The summed E-state index contributed by atoms with van der Waals surface area (Å²) >= 11 is 0. The molecule has 0 aliphatic heterocycles. The number of benzene rings is 1. The first kappa shape index (κ1) is 12.3. The van der Waals surface area contributed by atoms with E-state index in [0.717, 1.165) is 24.8 Å². The van der Waals surface area contributed by atoms with Gasteiger partial charge in [-0.3, -0.25) is 0 Å². The van der Waals surface area contributed by atoms with Crippen molar-refractivity contribution in [2.45, 2.75) is 38.0 Å². The van der Waals surface area contributed by atoms with E-state index in [2.05, 4.69) is 5.32 Å². The first-order valence-electron chi connectivity index (χ1n) is 5.99. The Morgan fingerprint density at radius 1 is 1.47 bits per heavy atom. The summed E-state index contributed by atoms with van der Waals surface area (Å²) in [6, 6.07) is 4.88. The van der Waals surface area contributed by atoms with Crippen LogP contribution in [0.2, 0.25) is 0 Å². The van der Waals surface area contributed by atoms with Crippen molar-refractivity contribution in [1.29, 1.82) is 0 Å². The van der Waals surface area contributed by atoms with Gasteiger partial charge in [0, 0.05) is 12.1 Å². The lowest BCUT2D eigenvalue weighted by molar-refractivity contribution is 0.0571. The average molecular weight is 239 g/mol. The normalized spacial score (nSPS) is 23.9. The van der Waals surface area contributed by atoms with Crippen LogP contribution in [-0.2, 0) is 6.54 Å². The maximum atomic E-state index is 13.7. The van der Waals surface area contributed by atoms with Gasteiger partial charge >= 0.3 is 0 Å². The minimum Gasteiger partial charge on any atom is -0.484 e. The van der Waals surface area contributed by atoms with Crippen molar-refractivity contribution in [2.24, 2.45) is 0 Å². The molecule has 1 aliphatic rings. The predicted molar refractivity (Wildman–Crippen MR) is 63.4 cm³/mol. The predicted octanol–water partition coefficient (Wildman–Crippen LogP) is 1.84. The first-order chi connectivity index (χ1) is 8.22. The van der Waals surface area contributed by atoms with E-state index < -0.39 is 6.10 Å². The molecule has 2 atom stereocenters.